The van der Waals surface area contributed by atoms with E-state index in [4.69, 9.17) is 19.3 Å². The summed E-state index contributed by atoms with van der Waals surface area (Å²) in [5.41, 5.74) is -0.103. The van der Waals surface area contributed by atoms with Gasteiger partial charge in [0.25, 0.3) is 0 Å². The van der Waals surface area contributed by atoms with Crippen molar-refractivity contribution in [3.63, 3.8) is 0 Å². The Balaban J connectivity index is 2.25. The molecule has 2 aliphatic heterocycles. The summed E-state index contributed by atoms with van der Waals surface area (Å²) >= 11 is 0. The molecule has 0 aromatic heterocycles. The average Bonchev–Trinajstić information content (AvgIpc) is 2.61. The highest BCUT2D eigenvalue weighted by atomic mass is 16.8. The van der Waals surface area contributed by atoms with Crippen molar-refractivity contribution >= 4 is 11.9 Å². The molecule has 0 amide bonds. The largest absolute Gasteiger partial charge is 0.481 e. The van der Waals surface area contributed by atoms with Crippen LogP contribution in [0.4, 0.5) is 0 Å². The van der Waals surface area contributed by atoms with E-state index in [9.17, 15) is 35.1 Å². The molecule has 11 heteroatoms. The summed E-state index contributed by atoms with van der Waals surface area (Å²) < 4.78 is 15.9. The minimum atomic E-state index is -1.69. The number of aliphatic carboxylic acids is 2. The lowest BCUT2D eigenvalue weighted by molar-refractivity contribution is -0.327. The maximum Gasteiger partial charge on any atom is 0.335 e. The first kappa shape index (κ1) is 21.3. The molecule has 2 rings (SSSR count). The number of carbonyl (C=O) groups is 2. The Hall–Kier alpha value is -2.02. The molecule has 0 unspecified atom stereocenters. The predicted octanol–water partition coefficient (Wildman–Crippen LogP) is -1.84. The molecule has 0 aliphatic carbocycles. The van der Waals surface area contributed by atoms with Gasteiger partial charge >= 0.3 is 11.9 Å². The van der Waals surface area contributed by atoms with Crippen molar-refractivity contribution in [2.75, 3.05) is 6.61 Å². The van der Waals surface area contributed by atoms with Gasteiger partial charge < -0.3 is 44.8 Å². The van der Waals surface area contributed by atoms with Gasteiger partial charge in [-0.1, -0.05) is 6.08 Å². The number of ether oxygens (including phenoxy) is 3. The van der Waals surface area contributed by atoms with Crippen LogP contribution in [0.5, 0.6) is 0 Å². The van der Waals surface area contributed by atoms with Gasteiger partial charge in [0, 0.05) is 11.5 Å². The lowest BCUT2D eigenvalue weighted by atomic mass is 9.86. The van der Waals surface area contributed by atoms with E-state index in [2.05, 4.69) is 0 Å². The van der Waals surface area contributed by atoms with Crippen molar-refractivity contribution in [3.05, 3.63) is 23.5 Å². The molecule has 0 bridgehead atoms. The zero-order valence-corrected chi connectivity index (χ0v) is 14.3. The summed E-state index contributed by atoms with van der Waals surface area (Å²) in [6.07, 6.45) is -7.20. The molecule has 6 N–H and O–H groups in total. The summed E-state index contributed by atoms with van der Waals surface area (Å²) in [7, 11) is 0. The summed E-state index contributed by atoms with van der Waals surface area (Å²) in [6.45, 7) is 0.874. The van der Waals surface area contributed by atoms with Gasteiger partial charge in [0.15, 0.2) is 6.29 Å². The van der Waals surface area contributed by atoms with Crippen LogP contribution in [0, 0.1) is 5.92 Å². The van der Waals surface area contributed by atoms with Gasteiger partial charge in [0.05, 0.1) is 24.9 Å². The number of hydrogen-bond donors (Lipinski definition) is 6. The first-order valence-electron chi connectivity index (χ1n) is 8.13. The molecular weight excluding hydrogens is 368 g/mol. The molecule has 2 aliphatic rings. The van der Waals surface area contributed by atoms with Gasteiger partial charge in [-0.15, -0.1) is 0 Å². The van der Waals surface area contributed by atoms with Crippen LogP contribution in [0.25, 0.3) is 0 Å². The van der Waals surface area contributed by atoms with E-state index in [0.717, 1.165) is 6.26 Å². The number of carboxylic acids is 2. The van der Waals surface area contributed by atoms with Gasteiger partial charge in [-0.3, -0.25) is 4.79 Å². The molecule has 2 heterocycles. The molecule has 1 fully saturated rings. The number of rotatable bonds is 6. The standard InChI is InChI=1S/C16H22O11/c1-2-6-7(3-10(18)19)8(14(23)24)5-25-15(6)27-16-13(22)12(21)11(20)9(4-17)26-16/h2,5,7,9,11-13,15-17,20-22H,3-4H2,1H3,(H,18,19)(H,23,24)/b6-2-/t7-,9-,11+,12+,13-,15-,16-/m0/s1. The van der Waals surface area contributed by atoms with Crippen LogP contribution in [-0.2, 0) is 23.8 Å². The molecule has 0 aromatic carbocycles. The molecule has 0 aromatic rings. The Morgan fingerprint density at radius 2 is 1.85 bits per heavy atom. The molecular formula is C16H22O11. The fraction of sp³-hybridized carbons (Fsp3) is 0.625. The number of aliphatic hydroxyl groups excluding tert-OH is 4. The van der Waals surface area contributed by atoms with E-state index >= 15 is 0 Å². The number of hydrogen-bond acceptors (Lipinski definition) is 9. The first-order chi connectivity index (χ1) is 12.7. The summed E-state index contributed by atoms with van der Waals surface area (Å²) in [6, 6.07) is 0. The lowest BCUT2D eigenvalue weighted by Gasteiger charge is -2.41. The van der Waals surface area contributed by atoms with Gasteiger partial charge in [-0.2, -0.15) is 0 Å². The molecule has 7 atom stereocenters. The monoisotopic (exact) mass is 390 g/mol. The van der Waals surface area contributed by atoms with Crippen molar-refractivity contribution in [2.24, 2.45) is 5.92 Å². The quantitative estimate of drug-likeness (QED) is 0.280. The fourth-order valence-electron chi connectivity index (χ4n) is 2.99. The minimum absolute atomic E-state index is 0.175. The number of aliphatic hydroxyl groups is 4. The van der Waals surface area contributed by atoms with E-state index in [-0.39, 0.29) is 11.1 Å². The number of carboxylic acid groups (broad SMARTS) is 2. The van der Waals surface area contributed by atoms with Crippen LogP contribution < -0.4 is 0 Å². The van der Waals surface area contributed by atoms with Crippen molar-refractivity contribution in [2.45, 2.75) is 50.3 Å². The molecule has 11 nitrogen and oxygen atoms in total. The van der Waals surface area contributed by atoms with Crippen molar-refractivity contribution < 1.29 is 54.4 Å². The van der Waals surface area contributed by atoms with Gasteiger partial charge in [-0.25, -0.2) is 4.79 Å². The second-order valence-corrected chi connectivity index (χ2v) is 6.12. The van der Waals surface area contributed by atoms with Crippen LogP contribution in [0.2, 0.25) is 0 Å². The normalized spacial score (nSPS) is 38.2. The number of allylic oxidation sites excluding steroid dienone is 1. The van der Waals surface area contributed by atoms with Crippen LogP contribution >= 0.6 is 0 Å². The Morgan fingerprint density at radius 3 is 2.37 bits per heavy atom. The highest BCUT2D eigenvalue weighted by molar-refractivity contribution is 5.89. The van der Waals surface area contributed by atoms with Crippen molar-refractivity contribution in [1.82, 2.24) is 0 Å². The Bertz CT molecular complexity index is 626. The predicted molar refractivity (Wildman–Crippen MR) is 84.9 cm³/mol. The van der Waals surface area contributed by atoms with Gasteiger partial charge in [0.1, 0.15) is 24.4 Å². The molecule has 0 saturated carbocycles. The SMILES string of the molecule is C/C=C1\[C@H](O[C@@H]2O[C@@H](CO)[C@@H](O)[C@@H](O)[C@@H]2O)OC=C(C(=O)O)[C@H]1CC(=O)O. The molecule has 0 spiro atoms. The minimum Gasteiger partial charge on any atom is -0.481 e. The van der Waals surface area contributed by atoms with E-state index in [1.165, 1.54) is 13.0 Å². The van der Waals surface area contributed by atoms with Crippen molar-refractivity contribution in [1.29, 1.82) is 0 Å². The van der Waals surface area contributed by atoms with Crippen molar-refractivity contribution in [3.8, 4) is 0 Å². The van der Waals surface area contributed by atoms with Crippen LogP contribution in [0.3, 0.4) is 0 Å². The maximum absolute atomic E-state index is 11.4. The molecule has 0 radical (unpaired) electrons. The second-order valence-electron chi connectivity index (χ2n) is 6.12. The third-order valence-corrected chi connectivity index (χ3v) is 4.43. The third kappa shape index (κ3) is 4.46. The Kier molecular flexibility index (Phi) is 6.92. The highest BCUT2D eigenvalue weighted by Gasteiger charge is 2.46. The smallest absolute Gasteiger partial charge is 0.335 e. The zero-order chi connectivity index (χ0) is 20.3. The maximum atomic E-state index is 11.4. The summed E-state index contributed by atoms with van der Waals surface area (Å²) in [4.78, 5) is 22.5. The van der Waals surface area contributed by atoms with Crippen LogP contribution in [-0.4, -0.2) is 86.2 Å². The fourth-order valence-corrected chi connectivity index (χ4v) is 2.99. The van der Waals surface area contributed by atoms with E-state index in [1.807, 2.05) is 0 Å². The second kappa shape index (κ2) is 8.78. The Labute approximate surface area is 153 Å². The molecule has 27 heavy (non-hydrogen) atoms. The van der Waals surface area contributed by atoms with E-state index in [1.54, 1.807) is 0 Å². The third-order valence-electron chi connectivity index (χ3n) is 4.43. The van der Waals surface area contributed by atoms with E-state index < -0.39 is 67.9 Å². The van der Waals surface area contributed by atoms with Crippen LogP contribution in [0.15, 0.2) is 23.5 Å². The van der Waals surface area contributed by atoms with E-state index in [0.29, 0.717) is 0 Å². The first-order valence-corrected chi connectivity index (χ1v) is 8.13. The van der Waals surface area contributed by atoms with Gasteiger partial charge in [-0.05, 0) is 6.92 Å². The lowest BCUT2D eigenvalue weighted by Crippen LogP contribution is -2.60. The summed E-state index contributed by atoms with van der Waals surface area (Å²) in [5, 5.41) is 57.2. The zero-order valence-electron chi connectivity index (χ0n) is 14.3. The molecule has 1 saturated heterocycles. The topological polar surface area (TPSA) is 183 Å². The summed E-state index contributed by atoms with van der Waals surface area (Å²) in [5.74, 6) is -3.64. The average molecular weight is 390 g/mol. The molecule has 152 valence electrons. The Morgan fingerprint density at radius 1 is 1.19 bits per heavy atom. The van der Waals surface area contributed by atoms with Crippen LogP contribution in [0.1, 0.15) is 13.3 Å². The van der Waals surface area contributed by atoms with Gasteiger partial charge in [0.2, 0.25) is 6.29 Å². The highest BCUT2D eigenvalue weighted by Crippen LogP contribution is 2.35.